The van der Waals surface area contributed by atoms with Crippen molar-refractivity contribution >= 4 is 23.3 Å². The average molecular weight is 330 g/mol. The van der Waals surface area contributed by atoms with Gasteiger partial charge in [0, 0.05) is 31.0 Å². The maximum atomic E-state index is 12.7. The van der Waals surface area contributed by atoms with Crippen LogP contribution in [0.5, 0.6) is 0 Å². The summed E-state index contributed by atoms with van der Waals surface area (Å²) in [5.74, 6) is -0.402. The number of nitrogens with zero attached hydrogens (tertiary/aromatic N) is 3. The van der Waals surface area contributed by atoms with Crippen molar-refractivity contribution in [2.75, 3.05) is 49.2 Å². The Hall–Kier alpha value is -2.28. The maximum Gasteiger partial charge on any atom is 0.325 e. The number of carbonyl (C=O) groups excluding carboxylic acids is 2. The summed E-state index contributed by atoms with van der Waals surface area (Å²) in [6.07, 6.45) is 1.48. The van der Waals surface area contributed by atoms with Crippen LogP contribution < -0.4 is 15.5 Å². The third kappa shape index (κ3) is 2.23. The fourth-order valence-corrected chi connectivity index (χ4v) is 4.00. The lowest BCUT2D eigenvalue weighted by Gasteiger charge is -2.29. The Kier molecular flexibility index (Phi) is 3.60. The number of ether oxygens (including phenoxy) is 1. The Bertz CT molecular complexity index is 656. The third-order valence-corrected chi connectivity index (χ3v) is 5.37. The molecule has 4 rings (SSSR count). The molecule has 3 fully saturated rings. The Morgan fingerprint density at radius 3 is 2.38 bits per heavy atom. The number of anilines is 2. The van der Waals surface area contributed by atoms with Crippen molar-refractivity contribution in [2.45, 2.75) is 18.4 Å². The van der Waals surface area contributed by atoms with E-state index in [1.807, 2.05) is 24.3 Å². The highest BCUT2D eigenvalue weighted by Crippen LogP contribution is 2.38. The summed E-state index contributed by atoms with van der Waals surface area (Å²) in [4.78, 5) is 30.3. The summed E-state index contributed by atoms with van der Waals surface area (Å²) in [5.41, 5.74) is 6.72. The van der Waals surface area contributed by atoms with Crippen LogP contribution in [0.3, 0.4) is 0 Å². The Labute approximate surface area is 140 Å². The van der Waals surface area contributed by atoms with Gasteiger partial charge < -0.3 is 20.3 Å². The minimum absolute atomic E-state index is 0.120. The molecule has 1 aromatic carbocycles. The second-order valence-electron chi connectivity index (χ2n) is 6.64. The van der Waals surface area contributed by atoms with Gasteiger partial charge in [0.1, 0.15) is 5.54 Å². The van der Waals surface area contributed by atoms with Crippen LogP contribution in [-0.4, -0.2) is 61.8 Å². The van der Waals surface area contributed by atoms with E-state index < -0.39 is 11.4 Å². The van der Waals surface area contributed by atoms with Crippen molar-refractivity contribution in [3.05, 3.63) is 24.3 Å². The zero-order chi connectivity index (χ0) is 16.7. The molecule has 24 heavy (non-hydrogen) atoms. The first-order chi connectivity index (χ1) is 11.6. The molecule has 0 bridgehead atoms. The van der Waals surface area contributed by atoms with E-state index in [2.05, 4.69) is 4.90 Å². The van der Waals surface area contributed by atoms with Gasteiger partial charge in [-0.05, 0) is 37.1 Å². The van der Waals surface area contributed by atoms with Crippen molar-refractivity contribution in [1.29, 1.82) is 0 Å². The van der Waals surface area contributed by atoms with Gasteiger partial charge in [-0.15, -0.1) is 0 Å². The van der Waals surface area contributed by atoms with Crippen LogP contribution in [0.4, 0.5) is 16.2 Å². The first-order valence-electron chi connectivity index (χ1n) is 8.44. The predicted molar refractivity (Wildman–Crippen MR) is 90.1 cm³/mol. The number of benzene rings is 1. The predicted octanol–water partition coefficient (Wildman–Crippen LogP) is 0.783. The number of fused-ring (bicyclic) bond motifs is 1. The minimum atomic E-state index is -0.833. The molecule has 1 atom stereocenters. The number of hydrogen-bond donors (Lipinski definition) is 1. The van der Waals surface area contributed by atoms with Gasteiger partial charge in [-0.25, -0.2) is 4.79 Å². The van der Waals surface area contributed by atoms with Crippen LogP contribution in [0.25, 0.3) is 0 Å². The quantitative estimate of drug-likeness (QED) is 0.888. The maximum absolute atomic E-state index is 12.7. The monoisotopic (exact) mass is 330 g/mol. The third-order valence-electron chi connectivity index (χ3n) is 5.37. The molecule has 0 aromatic heterocycles. The normalized spacial score (nSPS) is 26.8. The molecule has 0 unspecified atom stereocenters. The van der Waals surface area contributed by atoms with Gasteiger partial charge in [-0.1, -0.05) is 0 Å². The van der Waals surface area contributed by atoms with Crippen LogP contribution in [0.1, 0.15) is 12.8 Å². The lowest BCUT2D eigenvalue weighted by molar-refractivity contribution is -0.125. The van der Waals surface area contributed by atoms with Crippen molar-refractivity contribution in [3.63, 3.8) is 0 Å². The standard InChI is InChI=1S/C17H22N4O3/c18-15(22)17-6-1-7-21(17)16(23)20(12-17)14-4-2-13(3-5-14)19-8-10-24-11-9-19/h2-5H,1,6-12H2,(H2,18,22)/t17-/m1/s1. The van der Waals surface area contributed by atoms with E-state index >= 15 is 0 Å². The van der Waals surface area contributed by atoms with Gasteiger partial charge in [0.05, 0.1) is 19.8 Å². The molecule has 0 saturated carbocycles. The Morgan fingerprint density at radius 2 is 1.75 bits per heavy atom. The highest BCUT2D eigenvalue weighted by atomic mass is 16.5. The number of morpholine rings is 1. The van der Waals surface area contributed by atoms with Crippen LogP contribution in [0.15, 0.2) is 24.3 Å². The summed E-state index contributed by atoms with van der Waals surface area (Å²) < 4.78 is 5.37. The summed E-state index contributed by atoms with van der Waals surface area (Å²) >= 11 is 0. The van der Waals surface area contributed by atoms with Crippen molar-refractivity contribution in [3.8, 4) is 0 Å². The molecule has 3 saturated heterocycles. The number of nitrogens with two attached hydrogens (primary N) is 1. The number of primary amides is 1. The largest absolute Gasteiger partial charge is 0.378 e. The first-order valence-corrected chi connectivity index (χ1v) is 8.44. The van der Waals surface area contributed by atoms with E-state index in [4.69, 9.17) is 10.5 Å². The Morgan fingerprint density at radius 1 is 1.08 bits per heavy atom. The molecule has 3 aliphatic heterocycles. The molecule has 3 aliphatic rings. The van der Waals surface area contributed by atoms with Crippen molar-refractivity contribution in [1.82, 2.24) is 4.90 Å². The smallest absolute Gasteiger partial charge is 0.325 e. The van der Waals surface area contributed by atoms with Crippen LogP contribution in [0.2, 0.25) is 0 Å². The highest BCUT2D eigenvalue weighted by Gasteiger charge is 2.56. The number of urea groups is 1. The van der Waals surface area contributed by atoms with E-state index in [1.165, 1.54) is 0 Å². The Balaban J connectivity index is 1.56. The van der Waals surface area contributed by atoms with Gasteiger partial charge in [0.2, 0.25) is 5.91 Å². The second-order valence-corrected chi connectivity index (χ2v) is 6.64. The van der Waals surface area contributed by atoms with E-state index in [-0.39, 0.29) is 6.03 Å². The summed E-state index contributed by atoms with van der Waals surface area (Å²) in [6, 6.07) is 7.81. The summed E-state index contributed by atoms with van der Waals surface area (Å²) in [7, 11) is 0. The zero-order valence-corrected chi connectivity index (χ0v) is 13.6. The van der Waals surface area contributed by atoms with E-state index in [0.717, 1.165) is 44.1 Å². The SMILES string of the molecule is NC(=O)[C@]12CCCN1C(=O)N(c1ccc(N3CCOCC3)cc1)C2. The highest BCUT2D eigenvalue weighted by molar-refractivity contribution is 6.03. The van der Waals surface area contributed by atoms with Crippen molar-refractivity contribution < 1.29 is 14.3 Å². The molecule has 1 aromatic rings. The van der Waals surface area contributed by atoms with Gasteiger partial charge >= 0.3 is 6.03 Å². The fraction of sp³-hybridized carbons (Fsp3) is 0.529. The van der Waals surface area contributed by atoms with Crippen LogP contribution in [-0.2, 0) is 9.53 Å². The molecule has 3 heterocycles. The number of carbonyl (C=O) groups is 2. The van der Waals surface area contributed by atoms with Crippen LogP contribution in [0, 0.1) is 0 Å². The van der Waals surface area contributed by atoms with Gasteiger partial charge in [-0.3, -0.25) is 9.69 Å². The lowest BCUT2D eigenvalue weighted by Crippen LogP contribution is -2.52. The fourth-order valence-electron chi connectivity index (χ4n) is 4.00. The van der Waals surface area contributed by atoms with E-state index in [1.54, 1.807) is 9.80 Å². The topological polar surface area (TPSA) is 79.1 Å². The molecule has 3 amide bonds. The molecule has 0 aliphatic carbocycles. The summed E-state index contributed by atoms with van der Waals surface area (Å²) in [5, 5.41) is 0. The van der Waals surface area contributed by atoms with E-state index in [0.29, 0.717) is 19.5 Å². The molecule has 7 heteroatoms. The van der Waals surface area contributed by atoms with Crippen LogP contribution >= 0.6 is 0 Å². The molecule has 0 spiro atoms. The molecule has 128 valence electrons. The molecule has 2 N–H and O–H groups in total. The number of amides is 3. The van der Waals surface area contributed by atoms with E-state index in [9.17, 15) is 9.59 Å². The van der Waals surface area contributed by atoms with Gasteiger partial charge in [0.25, 0.3) is 0 Å². The van der Waals surface area contributed by atoms with Crippen molar-refractivity contribution in [2.24, 2.45) is 5.73 Å². The minimum Gasteiger partial charge on any atom is -0.378 e. The molecule has 0 radical (unpaired) electrons. The zero-order valence-electron chi connectivity index (χ0n) is 13.6. The lowest BCUT2D eigenvalue weighted by atomic mass is 9.96. The molecular weight excluding hydrogens is 308 g/mol. The van der Waals surface area contributed by atoms with Gasteiger partial charge in [-0.2, -0.15) is 0 Å². The molecule has 7 nitrogen and oxygen atoms in total. The number of rotatable bonds is 3. The average Bonchev–Trinajstić information content (AvgIpc) is 3.16. The van der Waals surface area contributed by atoms with Gasteiger partial charge in [0.15, 0.2) is 0 Å². The second kappa shape index (κ2) is 5.66. The first kappa shape index (κ1) is 15.3. The summed E-state index contributed by atoms with van der Waals surface area (Å²) in [6.45, 7) is 4.17. The number of hydrogen-bond acceptors (Lipinski definition) is 4. The molecular formula is C17H22N4O3.